The van der Waals surface area contributed by atoms with E-state index in [2.05, 4.69) is 29.6 Å². The van der Waals surface area contributed by atoms with E-state index in [9.17, 15) is 9.59 Å². The first-order valence-electron chi connectivity index (χ1n) is 10.7. The maximum Gasteiger partial charge on any atom is 0.258 e. The lowest BCUT2D eigenvalue weighted by Crippen LogP contribution is -3.09. The SMILES string of the molecule is O=C(COc1ccc(C(=O)c2ccccc2)cc1)N[C@H]1CC[NH+](Cc2ccccc2)C1. The van der Waals surface area contributed by atoms with Crippen LogP contribution in [0.1, 0.15) is 27.9 Å². The van der Waals surface area contributed by atoms with Crippen LogP contribution in [0.3, 0.4) is 0 Å². The molecule has 0 spiro atoms. The van der Waals surface area contributed by atoms with Gasteiger partial charge in [0.15, 0.2) is 12.4 Å². The number of benzene rings is 3. The van der Waals surface area contributed by atoms with Crippen molar-refractivity contribution >= 4 is 11.7 Å². The zero-order chi connectivity index (χ0) is 21.5. The summed E-state index contributed by atoms with van der Waals surface area (Å²) >= 11 is 0. The molecular formula is C26H27N2O3+. The molecule has 1 unspecified atom stereocenters. The minimum Gasteiger partial charge on any atom is -0.484 e. The summed E-state index contributed by atoms with van der Waals surface area (Å²) in [6, 6.07) is 26.7. The third kappa shape index (κ3) is 5.80. The van der Waals surface area contributed by atoms with Gasteiger partial charge in [0.05, 0.1) is 19.1 Å². The number of nitrogens with one attached hydrogen (secondary N) is 2. The third-order valence-corrected chi connectivity index (χ3v) is 5.57. The number of carbonyl (C=O) groups excluding carboxylic acids is 2. The van der Waals surface area contributed by atoms with Crippen molar-refractivity contribution in [2.24, 2.45) is 0 Å². The molecule has 0 radical (unpaired) electrons. The number of quaternary nitrogens is 1. The lowest BCUT2D eigenvalue weighted by Gasteiger charge is -2.14. The van der Waals surface area contributed by atoms with Gasteiger partial charge in [-0.2, -0.15) is 0 Å². The molecule has 0 saturated carbocycles. The number of rotatable bonds is 8. The summed E-state index contributed by atoms with van der Waals surface area (Å²) in [6.07, 6.45) is 0.976. The predicted octanol–water partition coefficient (Wildman–Crippen LogP) is 2.27. The van der Waals surface area contributed by atoms with Crippen molar-refractivity contribution in [2.45, 2.75) is 19.0 Å². The Labute approximate surface area is 182 Å². The standard InChI is InChI=1S/C26H26N2O3/c29-25(27-23-15-16-28(18-23)17-20-7-3-1-4-8-20)19-31-24-13-11-22(12-14-24)26(30)21-9-5-2-6-10-21/h1-14,23H,15-19H2,(H,27,29)/p+1/t23-/m0/s1. The molecule has 1 amide bonds. The van der Waals surface area contributed by atoms with Gasteiger partial charge in [-0.05, 0) is 24.3 Å². The van der Waals surface area contributed by atoms with E-state index in [4.69, 9.17) is 4.74 Å². The quantitative estimate of drug-likeness (QED) is 0.555. The second kappa shape index (κ2) is 10.0. The topological polar surface area (TPSA) is 59.8 Å². The van der Waals surface area contributed by atoms with Crippen LogP contribution in [0.15, 0.2) is 84.9 Å². The van der Waals surface area contributed by atoms with E-state index in [0.717, 1.165) is 26.1 Å². The summed E-state index contributed by atoms with van der Waals surface area (Å²) < 4.78 is 5.61. The van der Waals surface area contributed by atoms with Gasteiger partial charge in [-0.25, -0.2) is 0 Å². The predicted molar refractivity (Wildman–Crippen MR) is 119 cm³/mol. The molecule has 3 aromatic carbocycles. The number of carbonyl (C=O) groups is 2. The lowest BCUT2D eigenvalue weighted by atomic mass is 10.0. The summed E-state index contributed by atoms with van der Waals surface area (Å²) in [4.78, 5) is 26.2. The van der Waals surface area contributed by atoms with Crippen LogP contribution in [0.5, 0.6) is 5.75 Å². The fourth-order valence-electron chi connectivity index (χ4n) is 3.98. The number of amides is 1. The van der Waals surface area contributed by atoms with Crippen LogP contribution in [-0.2, 0) is 11.3 Å². The molecule has 4 rings (SSSR count). The van der Waals surface area contributed by atoms with Crippen molar-refractivity contribution in [3.8, 4) is 5.75 Å². The molecule has 3 aromatic rings. The van der Waals surface area contributed by atoms with Crippen LogP contribution < -0.4 is 15.0 Å². The van der Waals surface area contributed by atoms with Gasteiger partial charge in [-0.15, -0.1) is 0 Å². The molecule has 0 aromatic heterocycles. The monoisotopic (exact) mass is 415 g/mol. The molecule has 1 aliphatic heterocycles. The number of ketones is 1. The Kier molecular flexibility index (Phi) is 6.75. The second-order valence-electron chi connectivity index (χ2n) is 7.93. The Balaban J connectivity index is 1.21. The molecule has 1 aliphatic rings. The van der Waals surface area contributed by atoms with Crippen molar-refractivity contribution in [2.75, 3.05) is 19.7 Å². The molecule has 2 N–H and O–H groups in total. The van der Waals surface area contributed by atoms with Gasteiger partial charge in [-0.1, -0.05) is 60.7 Å². The molecule has 0 bridgehead atoms. The van der Waals surface area contributed by atoms with Crippen LogP contribution in [0.2, 0.25) is 0 Å². The Hall–Kier alpha value is -3.44. The van der Waals surface area contributed by atoms with Crippen molar-refractivity contribution < 1.29 is 19.2 Å². The number of hydrogen-bond donors (Lipinski definition) is 2. The van der Waals surface area contributed by atoms with Crippen molar-refractivity contribution in [3.05, 3.63) is 102 Å². The average Bonchev–Trinajstić information content (AvgIpc) is 3.25. The van der Waals surface area contributed by atoms with E-state index in [-0.39, 0.29) is 24.3 Å². The normalized spacial score (nSPS) is 17.8. The molecule has 5 heteroatoms. The second-order valence-corrected chi connectivity index (χ2v) is 7.93. The maximum absolute atomic E-state index is 12.5. The zero-order valence-electron chi connectivity index (χ0n) is 17.4. The van der Waals surface area contributed by atoms with Gasteiger partial charge in [0.1, 0.15) is 12.3 Å². The molecule has 5 nitrogen and oxygen atoms in total. The van der Waals surface area contributed by atoms with Gasteiger partial charge in [0.2, 0.25) is 0 Å². The smallest absolute Gasteiger partial charge is 0.258 e. The van der Waals surface area contributed by atoms with Crippen molar-refractivity contribution in [1.29, 1.82) is 0 Å². The van der Waals surface area contributed by atoms with Gasteiger partial charge >= 0.3 is 0 Å². The zero-order valence-corrected chi connectivity index (χ0v) is 17.4. The fraction of sp³-hybridized carbons (Fsp3) is 0.231. The van der Waals surface area contributed by atoms with E-state index in [1.54, 1.807) is 36.4 Å². The summed E-state index contributed by atoms with van der Waals surface area (Å²) in [7, 11) is 0. The first-order valence-corrected chi connectivity index (χ1v) is 10.7. The van der Waals surface area contributed by atoms with Crippen LogP contribution in [0, 0.1) is 0 Å². The average molecular weight is 416 g/mol. The van der Waals surface area contributed by atoms with Crippen LogP contribution in [0.4, 0.5) is 0 Å². The van der Waals surface area contributed by atoms with Crippen molar-refractivity contribution in [3.63, 3.8) is 0 Å². The van der Waals surface area contributed by atoms with Gasteiger partial charge in [-0.3, -0.25) is 9.59 Å². The van der Waals surface area contributed by atoms with Crippen LogP contribution in [-0.4, -0.2) is 37.4 Å². The Morgan fingerprint density at radius 1 is 0.871 bits per heavy atom. The van der Waals surface area contributed by atoms with Gasteiger partial charge in [0.25, 0.3) is 5.91 Å². The molecular weight excluding hydrogens is 388 g/mol. The summed E-state index contributed by atoms with van der Waals surface area (Å²) in [6.45, 7) is 2.93. The highest BCUT2D eigenvalue weighted by molar-refractivity contribution is 6.08. The minimum atomic E-state index is -0.115. The van der Waals surface area contributed by atoms with E-state index in [0.29, 0.717) is 16.9 Å². The first-order chi connectivity index (χ1) is 15.2. The fourth-order valence-corrected chi connectivity index (χ4v) is 3.98. The number of ether oxygens (including phenoxy) is 1. The van der Waals surface area contributed by atoms with E-state index in [1.165, 1.54) is 10.5 Å². The summed E-state index contributed by atoms with van der Waals surface area (Å²) in [5.74, 6) is 0.423. The van der Waals surface area contributed by atoms with E-state index >= 15 is 0 Å². The molecule has 1 saturated heterocycles. The Morgan fingerprint density at radius 3 is 2.23 bits per heavy atom. The molecule has 158 valence electrons. The van der Waals surface area contributed by atoms with E-state index in [1.807, 2.05) is 24.3 Å². The molecule has 1 fully saturated rings. The molecule has 2 atom stereocenters. The van der Waals surface area contributed by atoms with Crippen LogP contribution >= 0.6 is 0 Å². The highest BCUT2D eigenvalue weighted by atomic mass is 16.5. The first kappa shape index (κ1) is 20.8. The Morgan fingerprint density at radius 2 is 1.52 bits per heavy atom. The molecule has 31 heavy (non-hydrogen) atoms. The highest BCUT2D eigenvalue weighted by Gasteiger charge is 2.27. The van der Waals surface area contributed by atoms with Crippen LogP contribution in [0.25, 0.3) is 0 Å². The summed E-state index contributed by atoms with van der Waals surface area (Å²) in [5.41, 5.74) is 2.56. The third-order valence-electron chi connectivity index (χ3n) is 5.57. The Bertz CT molecular complexity index is 1000. The van der Waals surface area contributed by atoms with Gasteiger partial charge < -0.3 is 15.0 Å². The number of likely N-dealkylation sites (tertiary alicyclic amines) is 1. The molecule has 0 aliphatic carbocycles. The van der Waals surface area contributed by atoms with Gasteiger partial charge in [0, 0.05) is 23.1 Å². The molecule has 1 heterocycles. The van der Waals surface area contributed by atoms with Crippen molar-refractivity contribution in [1.82, 2.24) is 5.32 Å². The highest BCUT2D eigenvalue weighted by Crippen LogP contribution is 2.15. The maximum atomic E-state index is 12.5. The van der Waals surface area contributed by atoms with E-state index < -0.39 is 0 Å². The largest absolute Gasteiger partial charge is 0.484 e. The summed E-state index contributed by atoms with van der Waals surface area (Å²) in [5, 5.41) is 3.08. The minimum absolute atomic E-state index is 0.0313. The number of hydrogen-bond acceptors (Lipinski definition) is 3. The lowest BCUT2D eigenvalue weighted by molar-refractivity contribution is -0.901.